The van der Waals surface area contributed by atoms with Gasteiger partial charge in [-0.2, -0.15) is 0 Å². The van der Waals surface area contributed by atoms with Crippen LogP contribution in [0.15, 0.2) is 0 Å². The molecule has 3 heteroatoms. The molecule has 3 N–H and O–H groups in total. The highest BCUT2D eigenvalue weighted by molar-refractivity contribution is 4.95. The monoisotopic (exact) mass is 240 g/mol. The Balaban J connectivity index is 1.99. The van der Waals surface area contributed by atoms with Crippen LogP contribution in [-0.2, 0) is 0 Å². The third-order valence-electron chi connectivity index (χ3n) is 4.78. The molecule has 1 heterocycles. The zero-order valence-corrected chi connectivity index (χ0v) is 11.1. The molecular weight excluding hydrogens is 212 g/mol. The van der Waals surface area contributed by atoms with E-state index in [-0.39, 0.29) is 18.7 Å². The number of fused-ring (bicyclic) bond motifs is 1. The van der Waals surface area contributed by atoms with Crippen molar-refractivity contribution in [2.75, 3.05) is 13.2 Å². The first-order valence-electron chi connectivity index (χ1n) is 7.40. The van der Waals surface area contributed by atoms with Crippen LogP contribution in [0.25, 0.3) is 0 Å². The molecule has 4 unspecified atom stereocenters. The van der Waals surface area contributed by atoms with Crippen LogP contribution in [0.5, 0.6) is 0 Å². The molecule has 0 aromatic rings. The van der Waals surface area contributed by atoms with Gasteiger partial charge in [0.2, 0.25) is 0 Å². The maximum atomic E-state index is 9.65. The van der Waals surface area contributed by atoms with Gasteiger partial charge < -0.3 is 10.8 Å². The van der Waals surface area contributed by atoms with Gasteiger partial charge in [0.25, 0.3) is 0 Å². The summed E-state index contributed by atoms with van der Waals surface area (Å²) in [7, 11) is 0. The molecule has 0 aromatic heterocycles. The second-order valence-corrected chi connectivity index (χ2v) is 5.84. The molecule has 0 amide bonds. The average molecular weight is 240 g/mol. The van der Waals surface area contributed by atoms with Crippen molar-refractivity contribution in [3.8, 4) is 0 Å². The maximum absolute atomic E-state index is 9.65. The summed E-state index contributed by atoms with van der Waals surface area (Å²) >= 11 is 0. The van der Waals surface area contributed by atoms with Gasteiger partial charge in [-0.15, -0.1) is 0 Å². The SMILES string of the molecule is CCCC(N)C(CO)N1CCC2CCCCC21. The molecule has 1 aliphatic carbocycles. The Labute approximate surface area is 105 Å². The summed E-state index contributed by atoms with van der Waals surface area (Å²) in [5, 5.41) is 9.65. The molecule has 4 atom stereocenters. The van der Waals surface area contributed by atoms with Crippen molar-refractivity contribution in [1.29, 1.82) is 0 Å². The zero-order valence-electron chi connectivity index (χ0n) is 11.1. The van der Waals surface area contributed by atoms with Crippen molar-refractivity contribution in [3.05, 3.63) is 0 Å². The second kappa shape index (κ2) is 6.17. The second-order valence-electron chi connectivity index (χ2n) is 5.84. The highest BCUT2D eigenvalue weighted by Crippen LogP contribution is 2.37. The Kier molecular flexibility index (Phi) is 4.83. The van der Waals surface area contributed by atoms with Crippen molar-refractivity contribution < 1.29 is 5.11 Å². The van der Waals surface area contributed by atoms with Gasteiger partial charge in [0, 0.05) is 18.1 Å². The summed E-state index contributed by atoms with van der Waals surface area (Å²) in [6.45, 7) is 3.55. The first kappa shape index (κ1) is 13.3. The Bertz CT molecular complexity index is 234. The number of aliphatic hydroxyl groups is 1. The van der Waals surface area contributed by atoms with Crippen LogP contribution in [-0.4, -0.2) is 41.3 Å². The minimum atomic E-state index is 0.144. The van der Waals surface area contributed by atoms with E-state index in [1.165, 1.54) is 32.1 Å². The summed E-state index contributed by atoms with van der Waals surface area (Å²) in [6, 6.07) is 1.05. The fourth-order valence-corrected chi connectivity index (χ4v) is 3.87. The van der Waals surface area contributed by atoms with Gasteiger partial charge in [0.15, 0.2) is 0 Å². The molecule has 0 bridgehead atoms. The quantitative estimate of drug-likeness (QED) is 0.769. The van der Waals surface area contributed by atoms with Gasteiger partial charge in [-0.1, -0.05) is 26.2 Å². The fraction of sp³-hybridized carbons (Fsp3) is 1.00. The molecule has 0 radical (unpaired) electrons. The lowest BCUT2D eigenvalue weighted by atomic mass is 9.84. The molecule has 1 saturated heterocycles. The number of aliphatic hydroxyl groups excluding tert-OH is 1. The van der Waals surface area contributed by atoms with Crippen LogP contribution >= 0.6 is 0 Å². The smallest absolute Gasteiger partial charge is 0.0602 e. The third kappa shape index (κ3) is 2.83. The first-order chi connectivity index (χ1) is 8.27. The lowest BCUT2D eigenvalue weighted by Crippen LogP contribution is -2.53. The minimum Gasteiger partial charge on any atom is -0.395 e. The van der Waals surface area contributed by atoms with Crippen LogP contribution in [0, 0.1) is 5.92 Å². The normalized spacial score (nSPS) is 33.4. The number of likely N-dealkylation sites (tertiary alicyclic amines) is 1. The number of nitrogens with two attached hydrogens (primary N) is 1. The molecular formula is C14H28N2O. The number of hydrogen-bond donors (Lipinski definition) is 2. The van der Waals surface area contributed by atoms with Crippen molar-refractivity contribution >= 4 is 0 Å². The lowest BCUT2D eigenvalue weighted by Gasteiger charge is -2.38. The van der Waals surface area contributed by atoms with E-state index < -0.39 is 0 Å². The van der Waals surface area contributed by atoms with Gasteiger partial charge >= 0.3 is 0 Å². The summed E-state index contributed by atoms with van der Waals surface area (Å²) in [6.07, 6.45) is 8.93. The fourth-order valence-electron chi connectivity index (χ4n) is 3.87. The van der Waals surface area contributed by atoms with Crippen molar-refractivity contribution in [2.24, 2.45) is 11.7 Å². The summed E-state index contributed by atoms with van der Waals surface area (Å²) in [5.41, 5.74) is 6.24. The van der Waals surface area contributed by atoms with Crippen molar-refractivity contribution in [3.63, 3.8) is 0 Å². The van der Waals surface area contributed by atoms with E-state index in [1.54, 1.807) is 0 Å². The van der Waals surface area contributed by atoms with E-state index in [4.69, 9.17) is 5.73 Å². The molecule has 3 nitrogen and oxygen atoms in total. The lowest BCUT2D eigenvalue weighted by molar-refractivity contribution is 0.0695. The number of hydrogen-bond acceptors (Lipinski definition) is 3. The van der Waals surface area contributed by atoms with Crippen LogP contribution < -0.4 is 5.73 Å². The molecule has 2 rings (SSSR count). The van der Waals surface area contributed by atoms with Crippen LogP contribution in [0.3, 0.4) is 0 Å². The third-order valence-corrected chi connectivity index (χ3v) is 4.78. The van der Waals surface area contributed by atoms with E-state index >= 15 is 0 Å². The maximum Gasteiger partial charge on any atom is 0.0602 e. The highest BCUT2D eigenvalue weighted by atomic mass is 16.3. The number of nitrogens with zero attached hydrogens (tertiary/aromatic N) is 1. The zero-order chi connectivity index (χ0) is 12.3. The number of rotatable bonds is 5. The predicted molar refractivity (Wildman–Crippen MR) is 70.8 cm³/mol. The van der Waals surface area contributed by atoms with E-state index in [0.717, 1.165) is 25.3 Å². The van der Waals surface area contributed by atoms with Gasteiger partial charge in [-0.05, 0) is 38.1 Å². The van der Waals surface area contributed by atoms with Gasteiger partial charge in [0.1, 0.15) is 0 Å². The Morgan fingerprint density at radius 2 is 2.06 bits per heavy atom. The Hall–Kier alpha value is -0.120. The molecule has 2 aliphatic rings. The van der Waals surface area contributed by atoms with Crippen molar-refractivity contribution in [1.82, 2.24) is 4.90 Å². The highest BCUT2D eigenvalue weighted by Gasteiger charge is 2.40. The van der Waals surface area contributed by atoms with E-state index in [9.17, 15) is 5.11 Å². The predicted octanol–water partition coefficient (Wildman–Crippen LogP) is 1.74. The molecule has 2 fully saturated rings. The molecule has 0 aromatic carbocycles. The Morgan fingerprint density at radius 3 is 2.76 bits per heavy atom. The summed E-state index contributed by atoms with van der Waals surface area (Å²) < 4.78 is 0. The largest absolute Gasteiger partial charge is 0.395 e. The summed E-state index contributed by atoms with van der Waals surface area (Å²) in [5.74, 6) is 0.881. The van der Waals surface area contributed by atoms with Crippen LogP contribution in [0.4, 0.5) is 0 Å². The molecule has 1 aliphatic heterocycles. The first-order valence-corrected chi connectivity index (χ1v) is 7.40. The van der Waals surface area contributed by atoms with Crippen molar-refractivity contribution in [2.45, 2.75) is 70.0 Å². The van der Waals surface area contributed by atoms with E-state index in [0.29, 0.717) is 6.04 Å². The van der Waals surface area contributed by atoms with Crippen LogP contribution in [0.1, 0.15) is 51.9 Å². The molecule has 1 saturated carbocycles. The average Bonchev–Trinajstić information content (AvgIpc) is 2.75. The van der Waals surface area contributed by atoms with Gasteiger partial charge in [-0.3, -0.25) is 4.90 Å². The standard InChI is InChI=1S/C14H28N2O/c1-2-5-12(15)14(10-17)16-9-8-11-6-3-4-7-13(11)16/h11-14,17H,2-10,15H2,1H3. The van der Waals surface area contributed by atoms with Gasteiger partial charge in [-0.25, -0.2) is 0 Å². The summed E-state index contributed by atoms with van der Waals surface area (Å²) in [4.78, 5) is 2.53. The van der Waals surface area contributed by atoms with Crippen LogP contribution in [0.2, 0.25) is 0 Å². The van der Waals surface area contributed by atoms with Gasteiger partial charge in [0.05, 0.1) is 6.61 Å². The topological polar surface area (TPSA) is 49.5 Å². The van der Waals surface area contributed by atoms with E-state index in [2.05, 4.69) is 11.8 Å². The minimum absolute atomic E-state index is 0.144. The molecule has 0 spiro atoms. The molecule has 17 heavy (non-hydrogen) atoms. The van der Waals surface area contributed by atoms with E-state index in [1.807, 2.05) is 0 Å². The molecule has 100 valence electrons. The Morgan fingerprint density at radius 1 is 1.29 bits per heavy atom.